The van der Waals surface area contributed by atoms with E-state index in [1.807, 2.05) is 21.1 Å². The molecule has 0 spiro atoms. The normalized spacial score (nSPS) is 14.3. The van der Waals surface area contributed by atoms with Gasteiger partial charge in [-0.25, -0.2) is 4.57 Å². The molecule has 0 bridgehead atoms. The molecule has 9 nitrogen and oxygen atoms in total. The monoisotopic (exact) mass is 1010 g/mol. The molecular formula is C61H103NO8P+. The standard InChI is InChI=1S/C61H102NO8P/c1-6-8-10-12-14-16-18-20-22-23-24-25-26-27-28-29-30-31-32-33-34-35-36-37-38-39-40-42-44-46-48-50-52-54-61(64)70-59(58-69-71(65,66)68-56-55-62(3,4)5)57-67-60(63)53-51-49-47-45-43-41-21-19-17-15-13-11-9-7-2/h8,10,14,16,19-22,24-25,27-28,30-31,33-34,36-37,39-40,59H,6-7,9,11-13,15,17-18,23,26,29,32,35,38,41-58H2,1-5H3/p+1/b10-8-,16-14-,21-19-,22-20-,25-24-,28-27-,31-30-,34-33-,37-36-,40-39-. The molecule has 2 unspecified atom stereocenters. The van der Waals surface area contributed by atoms with Gasteiger partial charge in [0.2, 0.25) is 0 Å². The van der Waals surface area contributed by atoms with Gasteiger partial charge in [-0.3, -0.25) is 18.6 Å². The highest BCUT2D eigenvalue weighted by molar-refractivity contribution is 7.47. The third-order valence-corrected chi connectivity index (χ3v) is 12.2. The Kier molecular flexibility index (Phi) is 48.7. The summed E-state index contributed by atoms with van der Waals surface area (Å²) in [5.41, 5.74) is 0. The number of hydrogen-bond acceptors (Lipinski definition) is 7. The number of phosphoric ester groups is 1. The van der Waals surface area contributed by atoms with E-state index < -0.39 is 26.5 Å². The van der Waals surface area contributed by atoms with E-state index in [4.69, 9.17) is 18.5 Å². The highest BCUT2D eigenvalue weighted by Gasteiger charge is 2.27. The summed E-state index contributed by atoms with van der Waals surface area (Å²) in [5, 5.41) is 0. The van der Waals surface area contributed by atoms with Crippen molar-refractivity contribution in [2.75, 3.05) is 47.5 Å². The van der Waals surface area contributed by atoms with Crippen molar-refractivity contribution in [1.82, 2.24) is 0 Å². The van der Waals surface area contributed by atoms with Gasteiger partial charge in [0.1, 0.15) is 19.8 Å². The Hall–Kier alpha value is -3.59. The van der Waals surface area contributed by atoms with Crippen LogP contribution >= 0.6 is 7.82 Å². The molecule has 0 radical (unpaired) electrons. The molecule has 0 aliphatic heterocycles. The van der Waals surface area contributed by atoms with Gasteiger partial charge in [-0.2, -0.15) is 0 Å². The number of hydrogen-bond donors (Lipinski definition) is 1. The smallest absolute Gasteiger partial charge is 0.462 e. The molecule has 0 aliphatic carbocycles. The summed E-state index contributed by atoms with van der Waals surface area (Å²) in [6.45, 7) is 4.25. The van der Waals surface area contributed by atoms with Crippen molar-refractivity contribution in [2.24, 2.45) is 0 Å². The van der Waals surface area contributed by atoms with E-state index in [9.17, 15) is 19.0 Å². The number of allylic oxidation sites excluding steroid dienone is 20. The van der Waals surface area contributed by atoms with Gasteiger partial charge >= 0.3 is 19.8 Å². The Labute approximate surface area is 435 Å². The molecule has 0 aromatic rings. The quantitative estimate of drug-likeness (QED) is 0.0211. The van der Waals surface area contributed by atoms with Crippen molar-refractivity contribution >= 4 is 19.8 Å². The number of carbonyl (C=O) groups is 2. The number of likely N-dealkylation sites (N-methyl/N-ethyl adjacent to an activating group) is 1. The second kappa shape index (κ2) is 51.3. The molecule has 2 atom stereocenters. The van der Waals surface area contributed by atoms with E-state index in [0.717, 1.165) is 128 Å². The third kappa shape index (κ3) is 55.6. The van der Waals surface area contributed by atoms with E-state index >= 15 is 0 Å². The van der Waals surface area contributed by atoms with Crippen molar-refractivity contribution in [3.8, 4) is 0 Å². The van der Waals surface area contributed by atoms with Crippen LogP contribution in [-0.4, -0.2) is 74.9 Å². The van der Waals surface area contributed by atoms with E-state index in [2.05, 4.69) is 135 Å². The van der Waals surface area contributed by atoms with E-state index in [1.54, 1.807) is 0 Å². The first-order valence-corrected chi connectivity index (χ1v) is 29.3. The second-order valence-electron chi connectivity index (χ2n) is 19.2. The average molecular weight is 1010 g/mol. The molecule has 1 N–H and O–H groups in total. The van der Waals surface area contributed by atoms with Crippen LogP contribution in [0.25, 0.3) is 0 Å². The van der Waals surface area contributed by atoms with Crippen LogP contribution in [0.5, 0.6) is 0 Å². The topological polar surface area (TPSA) is 108 Å². The number of carbonyl (C=O) groups excluding carboxylic acids is 2. The number of nitrogens with zero attached hydrogens (tertiary/aromatic N) is 1. The van der Waals surface area contributed by atoms with Crippen LogP contribution in [0.1, 0.15) is 200 Å². The molecule has 0 heterocycles. The molecule has 0 rings (SSSR count). The maximum atomic E-state index is 12.8. The zero-order valence-corrected chi connectivity index (χ0v) is 46.6. The molecule has 0 aliphatic rings. The fraction of sp³-hybridized carbons (Fsp3) is 0.639. The van der Waals surface area contributed by atoms with E-state index in [-0.39, 0.29) is 32.0 Å². The summed E-state index contributed by atoms with van der Waals surface area (Å²) in [6.07, 6.45) is 72.6. The van der Waals surface area contributed by atoms with Crippen molar-refractivity contribution in [2.45, 2.75) is 206 Å². The first-order valence-electron chi connectivity index (χ1n) is 27.8. The van der Waals surface area contributed by atoms with Crippen LogP contribution in [0.3, 0.4) is 0 Å². The first-order chi connectivity index (χ1) is 34.5. The molecule has 0 aromatic heterocycles. The predicted molar refractivity (Wildman–Crippen MR) is 302 cm³/mol. The number of unbranched alkanes of at least 4 members (excludes halogenated alkanes) is 15. The number of rotatable bonds is 49. The molecule has 0 fully saturated rings. The van der Waals surface area contributed by atoms with E-state index in [0.29, 0.717) is 17.4 Å². The first kappa shape index (κ1) is 67.4. The lowest BCUT2D eigenvalue weighted by atomic mass is 10.1. The summed E-state index contributed by atoms with van der Waals surface area (Å²) in [5.74, 6) is -0.839. The summed E-state index contributed by atoms with van der Waals surface area (Å²) in [7, 11) is 1.44. The van der Waals surface area contributed by atoms with E-state index in [1.165, 1.54) is 38.5 Å². The van der Waals surface area contributed by atoms with Crippen LogP contribution in [0.2, 0.25) is 0 Å². The minimum Gasteiger partial charge on any atom is -0.462 e. The molecular weight excluding hydrogens is 906 g/mol. The van der Waals surface area contributed by atoms with Gasteiger partial charge in [0.25, 0.3) is 0 Å². The van der Waals surface area contributed by atoms with Gasteiger partial charge in [0.15, 0.2) is 6.10 Å². The fourth-order valence-corrected chi connectivity index (χ4v) is 7.68. The number of quaternary nitrogens is 1. The van der Waals surface area contributed by atoms with Gasteiger partial charge in [-0.05, 0) is 109 Å². The third-order valence-electron chi connectivity index (χ3n) is 11.2. The maximum absolute atomic E-state index is 12.8. The molecule has 0 amide bonds. The van der Waals surface area contributed by atoms with Crippen molar-refractivity contribution in [3.63, 3.8) is 0 Å². The molecule has 0 aromatic carbocycles. The highest BCUT2D eigenvalue weighted by Crippen LogP contribution is 2.43. The highest BCUT2D eigenvalue weighted by atomic mass is 31.2. The molecule has 0 saturated carbocycles. The van der Waals surface area contributed by atoms with Crippen LogP contribution in [0, 0.1) is 0 Å². The Bertz CT molecular complexity index is 1610. The lowest BCUT2D eigenvalue weighted by Crippen LogP contribution is -2.37. The SMILES string of the molecule is CC/C=C\C/C=C\C/C=C\C/C=C\C/C=C\C/C=C\C/C=C\C/C=C\C/C=C\CCCCCCCC(=O)OC(COC(=O)CCCCCCC/C=C\CCCCCCC)COP(=O)(O)OCC[N+](C)(C)C. The predicted octanol–water partition coefficient (Wildman–Crippen LogP) is 17.2. The summed E-state index contributed by atoms with van der Waals surface area (Å²) >= 11 is 0. The van der Waals surface area contributed by atoms with Gasteiger partial charge < -0.3 is 18.9 Å². The number of phosphoric acid groups is 1. The summed E-state index contributed by atoms with van der Waals surface area (Å²) in [4.78, 5) is 35.6. The molecule has 0 saturated heterocycles. The zero-order valence-electron chi connectivity index (χ0n) is 45.7. The van der Waals surface area contributed by atoms with Gasteiger partial charge in [0, 0.05) is 12.8 Å². The van der Waals surface area contributed by atoms with Crippen LogP contribution in [0.15, 0.2) is 122 Å². The van der Waals surface area contributed by atoms with Crippen LogP contribution in [-0.2, 0) is 32.7 Å². The minimum atomic E-state index is -4.40. The van der Waals surface area contributed by atoms with Crippen LogP contribution < -0.4 is 0 Å². The summed E-state index contributed by atoms with van der Waals surface area (Å²) in [6, 6.07) is 0. The maximum Gasteiger partial charge on any atom is 0.472 e. The Morgan fingerprint density at radius 2 is 0.803 bits per heavy atom. The second-order valence-corrected chi connectivity index (χ2v) is 20.7. The lowest BCUT2D eigenvalue weighted by molar-refractivity contribution is -0.870. The Balaban J connectivity index is 4.25. The fourth-order valence-electron chi connectivity index (χ4n) is 6.94. The van der Waals surface area contributed by atoms with Gasteiger partial charge in [-0.1, -0.05) is 200 Å². The largest absolute Gasteiger partial charge is 0.472 e. The van der Waals surface area contributed by atoms with Gasteiger partial charge in [0.05, 0.1) is 27.7 Å². The Morgan fingerprint density at radius 3 is 1.21 bits per heavy atom. The summed E-state index contributed by atoms with van der Waals surface area (Å²) < 4.78 is 34.4. The minimum absolute atomic E-state index is 0.0198. The van der Waals surface area contributed by atoms with Crippen molar-refractivity contribution in [1.29, 1.82) is 0 Å². The number of esters is 2. The van der Waals surface area contributed by atoms with Gasteiger partial charge in [-0.15, -0.1) is 0 Å². The molecule has 71 heavy (non-hydrogen) atoms. The molecule has 10 heteroatoms. The van der Waals surface area contributed by atoms with Crippen molar-refractivity contribution < 1.29 is 42.1 Å². The Morgan fingerprint density at radius 1 is 0.451 bits per heavy atom. The van der Waals surface area contributed by atoms with Crippen molar-refractivity contribution in [3.05, 3.63) is 122 Å². The zero-order chi connectivity index (χ0) is 52.0. The number of ether oxygens (including phenoxy) is 2. The lowest BCUT2D eigenvalue weighted by Gasteiger charge is -2.24. The van der Waals surface area contributed by atoms with Crippen LogP contribution in [0.4, 0.5) is 0 Å². The molecule has 404 valence electrons. The average Bonchev–Trinajstić information content (AvgIpc) is 3.33.